The number of carbonyl (C=O) groups is 1. The van der Waals surface area contributed by atoms with Gasteiger partial charge in [0.05, 0.1) is 14.2 Å². The van der Waals surface area contributed by atoms with E-state index in [0.717, 1.165) is 49.5 Å². The van der Waals surface area contributed by atoms with E-state index in [9.17, 15) is 9.90 Å². The largest absolute Gasteiger partial charge is 0.504 e. The van der Waals surface area contributed by atoms with Crippen LogP contribution in [0.15, 0.2) is 72.8 Å². The molecule has 6 heteroatoms. The van der Waals surface area contributed by atoms with E-state index in [-0.39, 0.29) is 17.7 Å². The van der Waals surface area contributed by atoms with Gasteiger partial charge >= 0.3 is 0 Å². The number of piperidine rings is 1. The summed E-state index contributed by atoms with van der Waals surface area (Å²) in [7, 11) is 3.18. The smallest absolute Gasteiger partial charge is 0.258 e. The first-order valence-electron chi connectivity index (χ1n) is 11.2. The average molecular weight is 447 g/mol. The van der Waals surface area contributed by atoms with Gasteiger partial charge in [-0.3, -0.25) is 9.69 Å². The minimum atomic E-state index is 0.00516. The summed E-state index contributed by atoms with van der Waals surface area (Å²) >= 11 is 0. The Morgan fingerprint density at radius 3 is 2.30 bits per heavy atom. The summed E-state index contributed by atoms with van der Waals surface area (Å²) in [4.78, 5) is 17.9. The molecule has 33 heavy (non-hydrogen) atoms. The van der Waals surface area contributed by atoms with Crippen LogP contribution >= 0.6 is 0 Å². The van der Waals surface area contributed by atoms with E-state index in [4.69, 9.17) is 9.47 Å². The van der Waals surface area contributed by atoms with E-state index >= 15 is 0 Å². The lowest BCUT2D eigenvalue weighted by Crippen LogP contribution is -2.47. The number of ether oxygens (including phenoxy) is 2. The Balaban J connectivity index is 1.48. The zero-order valence-electron chi connectivity index (χ0n) is 19.1. The van der Waals surface area contributed by atoms with Crippen molar-refractivity contribution < 1.29 is 19.4 Å². The zero-order chi connectivity index (χ0) is 23.2. The maximum atomic E-state index is 13.6. The first-order valence-corrected chi connectivity index (χ1v) is 11.2. The molecule has 1 amide bonds. The van der Waals surface area contributed by atoms with Crippen molar-refractivity contribution in [3.63, 3.8) is 0 Å². The monoisotopic (exact) mass is 446 g/mol. The van der Waals surface area contributed by atoms with Gasteiger partial charge in [-0.2, -0.15) is 0 Å². The lowest BCUT2D eigenvalue weighted by molar-refractivity contribution is 0.0958. The number of hydrogen-bond donors (Lipinski definition) is 1. The molecule has 0 atom stereocenters. The van der Waals surface area contributed by atoms with Crippen LogP contribution in [-0.2, 0) is 6.54 Å². The molecule has 6 nitrogen and oxygen atoms in total. The molecular weight excluding hydrogens is 416 g/mol. The molecule has 1 N–H and O–H groups in total. The van der Waals surface area contributed by atoms with Crippen LogP contribution in [0.4, 0.5) is 5.69 Å². The van der Waals surface area contributed by atoms with Crippen molar-refractivity contribution in [3.05, 3.63) is 83.9 Å². The third-order valence-electron chi connectivity index (χ3n) is 6.16. The number of nitrogens with zero attached hydrogens (tertiary/aromatic N) is 2. The van der Waals surface area contributed by atoms with Crippen LogP contribution in [0.2, 0.25) is 0 Å². The summed E-state index contributed by atoms with van der Waals surface area (Å²) in [5, 5.41) is 9.84. The second-order valence-corrected chi connectivity index (χ2v) is 8.25. The van der Waals surface area contributed by atoms with Gasteiger partial charge in [0, 0.05) is 36.9 Å². The fourth-order valence-electron chi connectivity index (χ4n) is 4.37. The lowest BCUT2D eigenvalue weighted by atomic mass is 10.00. The van der Waals surface area contributed by atoms with Crippen LogP contribution in [0.5, 0.6) is 17.2 Å². The molecule has 0 radical (unpaired) electrons. The summed E-state index contributed by atoms with van der Waals surface area (Å²) in [5.74, 6) is 1.38. The minimum absolute atomic E-state index is 0.00516. The number of methoxy groups -OCH3 is 2. The normalized spacial score (nSPS) is 14.6. The van der Waals surface area contributed by atoms with Gasteiger partial charge in [0.1, 0.15) is 5.75 Å². The number of phenols is 1. The van der Waals surface area contributed by atoms with Crippen LogP contribution in [0.25, 0.3) is 0 Å². The standard InChI is InChI=1S/C27H30N2O4/c1-32-24-11-9-21(10-12-24)27(31)29(22-6-4-3-5-7-22)23-14-16-28(17-15-23)19-20-8-13-25(30)26(18-20)33-2/h3-13,18,23,30H,14-17,19H2,1-2H3. The number of phenolic OH excluding ortho intramolecular Hbond substituents is 1. The molecule has 1 aliphatic heterocycles. The van der Waals surface area contributed by atoms with Gasteiger partial charge in [0.15, 0.2) is 11.5 Å². The number of aromatic hydroxyl groups is 1. The number of anilines is 1. The number of rotatable bonds is 7. The number of benzene rings is 3. The number of hydrogen-bond acceptors (Lipinski definition) is 5. The van der Waals surface area contributed by atoms with Crippen LogP contribution < -0.4 is 14.4 Å². The predicted octanol–water partition coefficient (Wildman–Crippen LogP) is 4.72. The fraction of sp³-hybridized carbons (Fsp3) is 0.296. The Morgan fingerprint density at radius 2 is 1.67 bits per heavy atom. The number of para-hydroxylation sites is 1. The molecule has 0 aliphatic carbocycles. The summed E-state index contributed by atoms with van der Waals surface area (Å²) in [6.45, 7) is 2.54. The third-order valence-corrected chi connectivity index (χ3v) is 6.16. The molecule has 1 aliphatic rings. The van der Waals surface area contributed by atoms with Gasteiger partial charge < -0.3 is 19.5 Å². The number of carbonyl (C=O) groups excluding carboxylic acids is 1. The van der Waals surface area contributed by atoms with Gasteiger partial charge in [-0.25, -0.2) is 0 Å². The minimum Gasteiger partial charge on any atom is -0.504 e. The summed E-state index contributed by atoms with van der Waals surface area (Å²) in [6, 6.07) is 22.8. The van der Waals surface area contributed by atoms with Crippen molar-refractivity contribution in [1.29, 1.82) is 0 Å². The second-order valence-electron chi connectivity index (χ2n) is 8.25. The maximum absolute atomic E-state index is 13.6. The van der Waals surface area contributed by atoms with Crippen molar-refractivity contribution >= 4 is 11.6 Å². The Labute approximate surface area is 195 Å². The van der Waals surface area contributed by atoms with E-state index in [1.165, 1.54) is 0 Å². The molecular formula is C27H30N2O4. The van der Waals surface area contributed by atoms with Crippen LogP contribution in [-0.4, -0.2) is 49.3 Å². The van der Waals surface area contributed by atoms with E-state index < -0.39 is 0 Å². The van der Waals surface area contributed by atoms with Gasteiger partial charge in [-0.1, -0.05) is 24.3 Å². The van der Waals surface area contributed by atoms with Gasteiger partial charge in [0.2, 0.25) is 0 Å². The molecule has 4 rings (SSSR count). The molecule has 3 aromatic rings. The van der Waals surface area contributed by atoms with Crippen molar-refractivity contribution in [2.45, 2.75) is 25.4 Å². The van der Waals surface area contributed by atoms with Gasteiger partial charge in [-0.05, 0) is 66.9 Å². The molecule has 0 unspecified atom stereocenters. The van der Waals surface area contributed by atoms with Gasteiger partial charge in [-0.15, -0.1) is 0 Å². The third kappa shape index (κ3) is 5.29. The van der Waals surface area contributed by atoms with Crippen LogP contribution in [0.3, 0.4) is 0 Å². The van der Waals surface area contributed by atoms with E-state index in [1.54, 1.807) is 20.3 Å². The zero-order valence-corrected chi connectivity index (χ0v) is 19.1. The molecule has 0 saturated carbocycles. The quantitative estimate of drug-likeness (QED) is 0.569. The summed E-state index contributed by atoms with van der Waals surface area (Å²) in [5.41, 5.74) is 2.66. The van der Waals surface area contributed by atoms with Crippen LogP contribution in [0, 0.1) is 0 Å². The molecule has 0 spiro atoms. The van der Waals surface area contributed by atoms with Crippen molar-refractivity contribution in [2.75, 3.05) is 32.2 Å². The van der Waals surface area contributed by atoms with Gasteiger partial charge in [0.25, 0.3) is 5.91 Å². The average Bonchev–Trinajstić information content (AvgIpc) is 2.87. The maximum Gasteiger partial charge on any atom is 0.258 e. The summed E-state index contributed by atoms with van der Waals surface area (Å²) < 4.78 is 10.5. The van der Waals surface area contributed by atoms with E-state index in [1.807, 2.05) is 71.6 Å². The second kappa shape index (κ2) is 10.4. The number of likely N-dealkylation sites (tertiary alicyclic amines) is 1. The van der Waals surface area contributed by atoms with E-state index in [0.29, 0.717) is 11.3 Å². The highest BCUT2D eigenvalue weighted by Crippen LogP contribution is 2.29. The first kappa shape index (κ1) is 22.7. The highest BCUT2D eigenvalue weighted by atomic mass is 16.5. The molecule has 3 aromatic carbocycles. The Bertz CT molecular complexity index is 1060. The van der Waals surface area contributed by atoms with E-state index in [2.05, 4.69) is 4.90 Å². The molecule has 172 valence electrons. The molecule has 1 saturated heterocycles. The highest BCUT2D eigenvalue weighted by molar-refractivity contribution is 6.06. The fourth-order valence-corrected chi connectivity index (χ4v) is 4.37. The molecule has 1 fully saturated rings. The van der Waals surface area contributed by atoms with Crippen molar-refractivity contribution in [3.8, 4) is 17.2 Å². The highest BCUT2D eigenvalue weighted by Gasteiger charge is 2.30. The SMILES string of the molecule is COc1ccc(C(=O)N(c2ccccc2)C2CCN(Cc3ccc(O)c(OC)c3)CC2)cc1. The Kier molecular flexibility index (Phi) is 7.15. The van der Waals surface area contributed by atoms with Crippen LogP contribution in [0.1, 0.15) is 28.8 Å². The Morgan fingerprint density at radius 1 is 0.970 bits per heavy atom. The number of amides is 1. The first-order chi connectivity index (χ1) is 16.1. The lowest BCUT2D eigenvalue weighted by Gasteiger charge is -2.38. The Hall–Kier alpha value is -3.51. The predicted molar refractivity (Wildman–Crippen MR) is 129 cm³/mol. The molecule has 0 bridgehead atoms. The molecule has 0 aromatic heterocycles. The summed E-state index contributed by atoms with van der Waals surface area (Å²) in [6.07, 6.45) is 1.76. The van der Waals surface area contributed by atoms with Crippen molar-refractivity contribution in [1.82, 2.24) is 4.90 Å². The molecule has 1 heterocycles. The van der Waals surface area contributed by atoms with Crippen molar-refractivity contribution in [2.24, 2.45) is 0 Å². The topological polar surface area (TPSA) is 62.2 Å².